The molecule has 0 aliphatic carbocycles. The minimum absolute atomic E-state index is 0.207. The number of imide groups is 1. The molecule has 7 nitrogen and oxygen atoms in total. The Bertz CT molecular complexity index is 1650. The molecule has 0 unspecified atom stereocenters. The molecule has 3 amide bonds. The summed E-state index contributed by atoms with van der Waals surface area (Å²) in [5.41, 5.74) is 2.94. The zero-order chi connectivity index (χ0) is 27.3. The molecule has 0 bridgehead atoms. The van der Waals surface area contributed by atoms with E-state index < -0.39 is 17.1 Å². The maximum Gasteiger partial charge on any atom is 0.308 e. The molecule has 10 heteroatoms. The number of thioether (sulfide) groups is 1. The van der Waals surface area contributed by atoms with Gasteiger partial charge in [-0.05, 0) is 48.9 Å². The average Bonchev–Trinajstić information content (AvgIpc) is 3.36. The van der Waals surface area contributed by atoms with Crippen LogP contribution in [0.1, 0.15) is 21.9 Å². The predicted octanol–water partition coefficient (Wildman–Crippen LogP) is 5.31. The molecule has 1 N–H and O–H groups in total. The zero-order valence-electron chi connectivity index (χ0n) is 20.7. The summed E-state index contributed by atoms with van der Waals surface area (Å²) in [6.45, 7) is 1.73. The summed E-state index contributed by atoms with van der Waals surface area (Å²) in [4.78, 5) is 55.4. The van der Waals surface area contributed by atoms with E-state index >= 15 is 0 Å². The van der Waals surface area contributed by atoms with Crippen LogP contribution in [0, 0.1) is 12.8 Å². The van der Waals surface area contributed by atoms with Crippen LogP contribution in [-0.4, -0.2) is 27.5 Å². The summed E-state index contributed by atoms with van der Waals surface area (Å²) < 4.78 is 1.41. The lowest BCUT2D eigenvalue weighted by atomic mass is 9.83. The topological polar surface area (TPSA) is 88.5 Å². The predicted molar refractivity (Wildman–Crippen MR) is 154 cm³/mol. The van der Waals surface area contributed by atoms with Gasteiger partial charge in [0.05, 0.1) is 16.6 Å². The number of benzene rings is 3. The number of aryl methyl sites for hydroxylation is 1. The van der Waals surface area contributed by atoms with Gasteiger partial charge in [-0.1, -0.05) is 82.7 Å². The average molecular weight is 576 g/mol. The first-order valence-electron chi connectivity index (χ1n) is 12.3. The maximum absolute atomic E-state index is 13.9. The molecular weight excluding hydrogens is 554 g/mol. The molecule has 0 radical (unpaired) electrons. The molecule has 1 fully saturated rings. The number of para-hydroxylation sites is 1. The van der Waals surface area contributed by atoms with E-state index in [1.165, 1.54) is 21.2 Å². The monoisotopic (exact) mass is 575 g/mol. The third-order valence-corrected chi connectivity index (χ3v) is 9.79. The highest BCUT2D eigenvalue weighted by atomic mass is 35.5. The lowest BCUT2D eigenvalue weighted by Gasteiger charge is -2.30. The summed E-state index contributed by atoms with van der Waals surface area (Å²) in [5.74, 6) is -2.23. The number of anilines is 2. The second-order valence-corrected chi connectivity index (χ2v) is 12.0. The van der Waals surface area contributed by atoms with E-state index in [2.05, 4.69) is 5.32 Å². The van der Waals surface area contributed by atoms with Crippen LogP contribution in [0.5, 0.6) is 0 Å². The van der Waals surface area contributed by atoms with Crippen molar-refractivity contribution in [1.82, 2.24) is 4.57 Å². The van der Waals surface area contributed by atoms with Gasteiger partial charge >= 0.3 is 4.87 Å². The molecule has 2 aliphatic rings. The third-order valence-electron chi connectivity index (χ3n) is 6.93. The van der Waals surface area contributed by atoms with E-state index in [4.69, 9.17) is 11.6 Å². The molecule has 1 saturated heterocycles. The van der Waals surface area contributed by atoms with Crippen molar-refractivity contribution in [2.24, 2.45) is 5.92 Å². The number of hydrogen-bond acceptors (Lipinski definition) is 6. The van der Waals surface area contributed by atoms with Crippen LogP contribution in [0.3, 0.4) is 0 Å². The van der Waals surface area contributed by atoms with Gasteiger partial charge < -0.3 is 5.32 Å². The number of rotatable bonds is 5. The summed E-state index contributed by atoms with van der Waals surface area (Å²) in [6.07, 6.45) is 0. The van der Waals surface area contributed by atoms with Crippen molar-refractivity contribution < 1.29 is 14.4 Å². The van der Waals surface area contributed by atoms with Crippen LogP contribution in [0.15, 0.2) is 88.7 Å². The summed E-state index contributed by atoms with van der Waals surface area (Å²) in [7, 11) is 0. The molecule has 0 saturated carbocycles. The fourth-order valence-corrected chi connectivity index (χ4v) is 8.00. The Hall–Kier alpha value is -3.66. The van der Waals surface area contributed by atoms with Crippen molar-refractivity contribution in [2.45, 2.75) is 29.7 Å². The molecule has 2 aliphatic heterocycles. The number of nitrogens with one attached hydrogen (secondary N) is 1. The Kier molecular flexibility index (Phi) is 6.66. The van der Waals surface area contributed by atoms with Gasteiger partial charge in [-0.2, -0.15) is 0 Å². The van der Waals surface area contributed by atoms with Gasteiger partial charge in [-0.3, -0.25) is 23.7 Å². The highest BCUT2D eigenvalue weighted by molar-refractivity contribution is 8.00. The lowest BCUT2D eigenvalue weighted by molar-refractivity contribution is -0.122. The van der Waals surface area contributed by atoms with Crippen molar-refractivity contribution in [1.29, 1.82) is 0 Å². The molecule has 3 atom stereocenters. The number of aromatic nitrogens is 1. The number of fused-ring (bicyclic) bond motifs is 2. The Balaban J connectivity index is 1.42. The summed E-state index contributed by atoms with van der Waals surface area (Å²) in [5, 5.41) is 3.15. The second-order valence-electron chi connectivity index (χ2n) is 9.48. The van der Waals surface area contributed by atoms with Crippen molar-refractivity contribution in [2.75, 3.05) is 10.2 Å². The highest BCUT2D eigenvalue weighted by Crippen LogP contribution is 2.53. The number of halogens is 1. The standard InChI is InChI=1S/C29H22ClN3O4S2/c1-16-7-13-20(14-8-16)33-26(35)23-22(17-9-11-18(30)12-10-17)25-28(38-24(23)27(33)36)32(29(37)39-25)15-21(34)31-19-5-3-2-4-6-19/h2-14,22-24H,15H2,1H3,(H,31,34)/t22-,23+,24-/m0/s1. The first-order chi connectivity index (χ1) is 18.8. The van der Waals surface area contributed by atoms with Crippen molar-refractivity contribution >= 4 is 63.8 Å². The maximum atomic E-state index is 13.9. The number of thiazole rings is 1. The van der Waals surface area contributed by atoms with Gasteiger partial charge in [-0.25, -0.2) is 4.90 Å². The largest absolute Gasteiger partial charge is 0.325 e. The third kappa shape index (κ3) is 4.60. The first kappa shape index (κ1) is 25.6. The fourth-order valence-electron chi connectivity index (χ4n) is 5.10. The van der Waals surface area contributed by atoms with Gasteiger partial charge in [0.2, 0.25) is 17.7 Å². The van der Waals surface area contributed by atoms with Gasteiger partial charge in [0.25, 0.3) is 0 Å². The smallest absolute Gasteiger partial charge is 0.308 e. The Morgan fingerprint density at radius 1 is 0.923 bits per heavy atom. The van der Waals surface area contributed by atoms with E-state index in [1.807, 2.05) is 49.4 Å². The molecule has 39 heavy (non-hydrogen) atoms. The molecule has 3 aromatic carbocycles. The Morgan fingerprint density at radius 2 is 1.62 bits per heavy atom. The Labute approximate surface area is 237 Å². The fraction of sp³-hybridized carbons (Fsp3) is 0.172. The van der Waals surface area contributed by atoms with E-state index in [9.17, 15) is 19.2 Å². The number of nitrogens with zero attached hydrogens (tertiary/aromatic N) is 2. The SMILES string of the molecule is Cc1ccc(N2C(=O)[C@@H]3[C@H](c4ccc(Cl)cc4)c4sc(=O)n(CC(=O)Nc5ccccc5)c4S[C@@H]3C2=O)cc1. The van der Waals surface area contributed by atoms with Gasteiger partial charge in [-0.15, -0.1) is 0 Å². The molecule has 3 heterocycles. The zero-order valence-corrected chi connectivity index (χ0v) is 23.1. The van der Waals surface area contributed by atoms with Crippen LogP contribution < -0.4 is 15.1 Å². The van der Waals surface area contributed by atoms with E-state index in [0.29, 0.717) is 26.3 Å². The second kappa shape index (κ2) is 10.1. The van der Waals surface area contributed by atoms with Crippen molar-refractivity contribution in [3.63, 3.8) is 0 Å². The molecular formula is C29H22ClN3O4S2. The van der Waals surface area contributed by atoms with Crippen LogP contribution >= 0.6 is 34.7 Å². The quantitative estimate of drug-likeness (QED) is 0.326. The summed E-state index contributed by atoms with van der Waals surface area (Å²) >= 11 is 8.36. The Morgan fingerprint density at radius 3 is 2.31 bits per heavy atom. The molecule has 4 aromatic rings. The number of amides is 3. The lowest BCUT2D eigenvalue weighted by Crippen LogP contribution is -2.33. The molecule has 196 valence electrons. The number of hydrogen-bond donors (Lipinski definition) is 1. The van der Waals surface area contributed by atoms with Gasteiger partial charge in [0.1, 0.15) is 11.8 Å². The van der Waals surface area contributed by atoms with Crippen molar-refractivity contribution in [3.05, 3.63) is 110 Å². The van der Waals surface area contributed by atoms with Crippen LogP contribution in [0.2, 0.25) is 5.02 Å². The van der Waals surface area contributed by atoms with Crippen LogP contribution in [-0.2, 0) is 20.9 Å². The first-order valence-corrected chi connectivity index (χ1v) is 14.3. The number of carbonyl (C=O) groups excluding carboxylic acids is 3. The van der Waals surface area contributed by atoms with Crippen LogP contribution in [0.4, 0.5) is 11.4 Å². The summed E-state index contributed by atoms with van der Waals surface area (Å²) in [6, 6.07) is 23.4. The van der Waals surface area contributed by atoms with Gasteiger partial charge in [0, 0.05) is 21.5 Å². The minimum atomic E-state index is -0.746. The van der Waals surface area contributed by atoms with E-state index in [1.54, 1.807) is 36.4 Å². The molecule has 1 aromatic heterocycles. The molecule has 6 rings (SSSR count). The number of carbonyl (C=O) groups is 3. The van der Waals surface area contributed by atoms with Gasteiger partial charge in [0.15, 0.2) is 0 Å². The van der Waals surface area contributed by atoms with Crippen molar-refractivity contribution in [3.8, 4) is 0 Å². The van der Waals surface area contributed by atoms with E-state index in [-0.39, 0.29) is 29.1 Å². The normalized spacial score (nSPS) is 20.1. The minimum Gasteiger partial charge on any atom is -0.325 e. The van der Waals surface area contributed by atoms with E-state index in [0.717, 1.165) is 22.5 Å². The van der Waals surface area contributed by atoms with Crippen LogP contribution in [0.25, 0.3) is 0 Å². The highest BCUT2D eigenvalue weighted by Gasteiger charge is 2.56. The molecule has 0 spiro atoms.